The number of benzene rings is 1. The lowest BCUT2D eigenvalue weighted by Gasteiger charge is -2.30. The molecule has 9 nitrogen and oxygen atoms in total. The molecular weight excluding hydrogens is 384 g/mol. The summed E-state index contributed by atoms with van der Waals surface area (Å²) in [7, 11) is -3.60. The number of anilines is 1. The molecule has 1 N–H and O–H groups in total. The van der Waals surface area contributed by atoms with Crippen molar-refractivity contribution >= 4 is 27.3 Å². The number of amides is 1. The number of rotatable bonds is 5. The second kappa shape index (κ2) is 8.03. The molecule has 3 rings (SSSR count). The van der Waals surface area contributed by atoms with Gasteiger partial charge in [0.15, 0.2) is 0 Å². The number of nitro groups is 1. The third-order valence-corrected chi connectivity index (χ3v) is 6.65. The van der Waals surface area contributed by atoms with Crippen LogP contribution in [0.3, 0.4) is 0 Å². The number of nitrogens with zero attached hydrogens (tertiary/aromatic N) is 3. The average molecular weight is 404 g/mol. The Morgan fingerprint density at radius 3 is 2.46 bits per heavy atom. The van der Waals surface area contributed by atoms with Gasteiger partial charge in [-0.05, 0) is 38.0 Å². The molecule has 2 aromatic rings. The van der Waals surface area contributed by atoms with Crippen molar-refractivity contribution in [3.8, 4) is 0 Å². The third-order valence-electron chi connectivity index (χ3n) is 4.74. The van der Waals surface area contributed by atoms with Crippen molar-refractivity contribution in [1.29, 1.82) is 0 Å². The van der Waals surface area contributed by atoms with Crippen LogP contribution in [0.25, 0.3) is 0 Å². The quantitative estimate of drug-likeness (QED) is 0.603. The minimum absolute atomic E-state index is 0.0831. The molecule has 1 saturated heterocycles. The molecule has 1 fully saturated rings. The first-order valence-electron chi connectivity index (χ1n) is 8.75. The van der Waals surface area contributed by atoms with Crippen LogP contribution in [0.15, 0.2) is 47.6 Å². The molecule has 0 atom stereocenters. The number of hydrogen-bond acceptors (Lipinski definition) is 6. The lowest BCUT2D eigenvalue weighted by Crippen LogP contribution is -2.41. The summed E-state index contributed by atoms with van der Waals surface area (Å²) < 4.78 is 26.8. The summed E-state index contributed by atoms with van der Waals surface area (Å²) in [4.78, 5) is 26.8. The highest BCUT2D eigenvalue weighted by Crippen LogP contribution is 2.27. The molecule has 1 aromatic carbocycles. The maximum absolute atomic E-state index is 12.7. The van der Waals surface area contributed by atoms with E-state index in [-0.39, 0.29) is 35.3 Å². The molecule has 0 aliphatic carbocycles. The summed E-state index contributed by atoms with van der Waals surface area (Å²) in [6.45, 7) is 2.31. The van der Waals surface area contributed by atoms with Crippen LogP contribution in [-0.4, -0.2) is 41.6 Å². The fourth-order valence-corrected chi connectivity index (χ4v) is 4.56. The van der Waals surface area contributed by atoms with E-state index in [9.17, 15) is 23.3 Å². The standard InChI is InChI=1S/C18H20N4O5S/c1-13-2-4-15(5-3-13)28(26,27)21-10-7-14(8-11-21)18(23)20-16-6-9-19-12-17(16)22(24)25/h2-6,9,12,14H,7-8,10-11H2,1H3,(H,19,20,23). The molecule has 0 saturated carbocycles. The van der Waals surface area contributed by atoms with Crippen molar-refractivity contribution < 1.29 is 18.1 Å². The molecule has 148 valence electrons. The average Bonchev–Trinajstić information content (AvgIpc) is 2.68. The molecule has 28 heavy (non-hydrogen) atoms. The van der Waals surface area contributed by atoms with Gasteiger partial charge in [0.2, 0.25) is 15.9 Å². The summed E-state index contributed by atoms with van der Waals surface area (Å²) in [6.07, 6.45) is 3.12. The van der Waals surface area contributed by atoms with Crippen LogP contribution in [0.5, 0.6) is 0 Å². The van der Waals surface area contributed by atoms with Gasteiger partial charge in [0.1, 0.15) is 11.9 Å². The highest BCUT2D eigenvalue weighted by atomic mass is 32.2. The van der Waals surface area contributed by atoms with Gasteiger partial charge < -0.3 is 5.32 Å². The maximum Gasteiger partial charge on any atom is 0.310 e. The zero-order valence-corrected chi connectivity index (χ0v) is 16.1. The summed E-state index contributed by atoms with van der Waals surface area (Å²) in [5, 5.41) is 13.6. The van der Waals surface area contributed by atoms with Crippen LogP contribution in [0, 0.1) is 23.0 Å². The lowest BCUT2D eigenvalue weighted by atomic mass is 9.97. The minimum atomic E-state index is -3.60. The van der Waals surface area contributed by atoms with Gasteiger partial charge in [0, 0.05) is 25.2 Å². The number of carbonyl (C=O) groups is 1. The predicted molar refractivity (Wildman–Crippen MR) is 102 cm³/mol. The molecule has 1 aromatic heterocycles. The Kier molecular flexibility index (Phi) is 5.71. The van der Waals surface area contributed by atoms with E-state index in [1.54, 1.807) is 24.3 Å². The fraction of sp³-hybridized carbons (Fsp3) is 0.333. The smallest absolute Gasteiger partial charge is 0.310 e. The topological polar surface area (TPSA) is 123 Å². The van der Waals surface area contributed by atoms with E-state index in [1.165, 1.54) is 16.6 Å². The number of pyridine rings is 1. The first-order chi connectivity index (χ1) is 13.3. The highest BCUT2D eigenvalue weighted by molar-refractivity contribution is 7.89. The highest BCUT2D eigenvalue weighted by Gasteiger charge is 2.32. The van der Waals surface area contributed by atoms with E-state index in [4.69, 9.17) is 0 Å². The Morgan fingerprint density at radius 1 is 1.21 bits per heavy atom. The number of piperidine rings is 1. The summed E-state index contributed by atoms with van der Waals surface area (Å²) in [6, 6.07) is 8.01. The lowest BCUT2D eigenvalue weighted by molar-refractivity contribution is -0.384. The van der Waals surface area contributed by atoms with Crippen LogP contribution in [0.2, 0.25) is 0 Å². The first-order valence-corrected chi connectivity index (χ1v) is 10.2. The number of aryl methyl sites for hydroxylation is 1. The van der Waals surface area contributed by atoms with Crippen LogP contribution < -0.4 is 5.32 Å². The van der Waals surface area contributed by atoms with E-state index in [0.29, 0.717) is 12.8 Å². The van der Waals surface area contributed by atoms with Gasteiger partial charge in [-0.2, -0.15) is 4.31 Å². The van der Waals surface area contributed by atoms with Gasteiger partial charge in [-0.15, -0.1) is 0 Å². The molecular formula is C18H20N4O5S. The molecule has 10 heteroatoms. The van der Waals surface area contributed by atoms with E-state index in [2.05, 4.69) is 10.3 Å². The van der Waals surface area contributed by atoms with Crippen molar-refractivity contribution in [2.45, 2.75) is 24.7 Å². The summed E-state index contributed by atoms with van der Waals surface area (Å²) in [5.41, 5.74) is 0.773. The van der Waals surface area contributed by atoms with Gasteiger partial charge in [-0.25, -0.2) is 8.42 Å². The summed E-state index contributed by atoms with van der Waals surface area (Å²) in [5.74, 6) is -0.779. The summed E-state index contributed by atoms with van der Waals surface area (Å²) >= 11 is 0. The van der Waals surface area contributed by atoms with Crippen LogP contribution in [0.1, 0.15) is 18.4 Å². The molecule has 2 heterocycles. The monoisotopic (exact) mass is 404 g/mol. The van der Waals surface area contributed by atoms with E-state index >= 15 is 0 Å². The van der Waals surface area contributed by atoms with Crippen molar-refractivity contribution in [3.05, 3.63) is 58.4 Å². The number of hydrogen-bond donors (Lipinski definition) is 1. The Hall–Kier alpha value is -2.85. The number of nitrogens with one attached hydrogen (secondary N) is 1. The normalized spacial score (nSPS) is 15.9. The number of carbonyl (C=O) groups excluding carboxylic acids is 1. The van der Waals surface area contributed by atoms with Crippen LogP contribution >= 0.6 is 0 Å². The van der Waals surface area contributed by atoms with E-state index in [0.717, 1.165) is 11.8 Å². The SMILES string of the molecule is Cc1ccc(S(=O)(=O)N2CCC(C(=O)Nc3ccncc3[N+](=O)[O-])CC2)cc1. The third kappa shape index (κ3) is 4.18. The van der Waals surface area contributed by atoms with Gasteiger partial charge in [0.05, 0.1) is 9.82 Å². The minimum Gasteiger partial charge on any atom is -0.320 e. The molecule has 0 radical (unpaired) electrons. The molecule has 1 amide bonds. The fourth-order valence-electron chi connectivity index (χ4n) is 3.09. The van der Waals surface area contributed by atoms with Crippen LogP contribution in [-0.2, 0) is 14.8 Å². The van der Waals surface area contributed by atoms with Gasteiger partial charge >= 0.3 is 5.69 Å². The zero-order chi connectivity index (χ0) is 20.3. The van der Waals surface area contributed by atoms with Crippen molar-refractivity contribution in [2.24, 2.45) is 5.92 Å². The van der Waals surface area contributed by atoms with Gasteiger partial charge in [-0.3, -0.25) is 19.9 Å². The first kappa shape index (κ1) is 19.9. The van der Waals surface area contributed by atoms with Crippen molar-refractivity contribution in [3.63, 3.8) is 0 Å². The van der Waals surface area contributed by atoms with E-state index in [1.807, 2.05) is 6.92 Å². The Morgan fingerprint density at radius 2 is 1.86 bits per heavy atom. The van der Waals surface area contributed by atoms with Crippen LogP contribution in [0.4, 0.5) is 11.4 Å². The molecule has 0 unspecified atom stereocenters. The number of sulfonamides is 1. The van der Waals surface area contributed by atoms with Crippen molar-refractivity contribution in [1.82, 2.24) is 9.29 Å². The molecule has 0 bridgehead atoms. The Labute approximate surface area is 162 Å². The zero-order valence-electron chi connectivity index (χ0n) is 15.2. The molecule has 0 spiro atoms. The van der Waals surface area contributed by atoms with Gasteiger partial charge in [-0.1, -0.05) is 17.7 Å². The molecule has 1 aliphatic rings. The molecule has 1 aliphatic heterocycles. The largest absolute Gasteiger partial charge is 0.320 e. The Bertz CT molecular complexity index is 983. The number of aromatic nitrogens is 1. The second-order valence-corrected chi connectivity index (χ2v) is 8.57. The van der Waals surface area contributed by atoms with Crippen molar-refractivity contribution in [2.75, 3.05) is 18.4 Å². The second-order valence-electron chi connectivity index (χ2n) is 6.63. The van der Waals surface area contributed by atoms with Gasteiger partial charge in [0.25, 0.3) is 0 Å². The van der Waals surface area contributed by atoms with E-state index < -0.39 is 20.9 Å². The maximum atomic E-state index is 12.7. The predicted octanol–water partition coefficient (Wildman–Crippen LogP) is 2.34. The Balaban J connectivity index is 1.64.